The quantitative estimate of drug-likeness (QED) is 0.637. The summed E-state index contributed by atoms with van der Waals surface area (Å²) >= 11 is 0. The van der Waals surface area contributed by atoms with Crippen LogP contribution in [0.1, 0.15) is 46.0 Å². The Balaban J connectivity index is 2.27. The van der Waals surface area contributed by atoms with E-state index < -0.39 is 0 Å². The van der Waals surface area contributed by atoms with Crippen LogP contribution in [0.2, 0.25) is 0 Å². The van der Waals surface area contributed by atoms with Gasteiger partial charge in [-0.25, -0.2) is 0 Å². The molecule has 4 atom stereocenters. The van der Waals surface area contributed by atoms with E-state index >= 15 is 0 Å². The fourth-order valence-electron chi connectivity index (χ4n) is 2.25. The zero-order chi connectivity index (χ0) is 10.6. The van der Waals surface area contributed by atoms with Crippen molar-refractivity contribution in [3.8, 4) is 0 Å². The maximum absolute atomic E-state index is 9.73. The van der Waals surface area contributed by atoms with Gasteiger partial charge in [0.25, 0.3) is 0 Å². The van der Waals surface area contributed by atoms with Gasteiger partial charge in [-0.3, -0.25) is 0 Å². The molecule has 0 aromatic heterocycles. The molecule has 3 heteroatoms. The van der Waals surface area contributed by atoms with E-state index in [2.05, 4.69) is 12.2 Å². The number of hydrogen-bond acceptors (Lipinski definition) is 3. The molecule has 1 saturated carbocycles. The topological polar surface area (TPSA) is 52.5 Å². The number of aliphatic hydroxyl groups excluding tert-OH is 2. The number of hydrogen-bond donors (Lipinski definition) is 3. The van der Waals surface area contributed by atoms with Crippen molar-refractivity contribution in [1.29, 1.82) is 0 Å². The Bertz CT molecular complexity index is 161. The van der Waals surface area contributed by atoms with Crippen LogP contribution in [0, 0.1) is 0 Å². The van der Waals surface area contributed by atoms with Gasteiger partial charge in [-0.15, -0.1) is 0 Å². The molecule has 0 aromatic rings. The molecule has 1 fully saturated rings. The van der Waals surface area contributed by atoms with Gasteiger partial charge in [0.15, 0.2) is 0 Å². The molecule has 14 heavy (non-hydrogen) atoms. The molecule has 0 radical (unpaired) electrons. The Labute approximate surface area is 86.5 Å². The second-order valence-electron chi connectivity index (χ2n) is 4.61. The highest BCUT2D eigenvalue weighted by Gasteiger charge is 2.24. The summed E-state index contributed by atoms with van der Waals surface area (Å²) in [6.45, 7) is 3.86. The van der Waals surface area contributed by atoms with Gasteiger partial charge in [0.05, 0.1) is 12.2 Å². The van der Waals surface area contributed by atoms with E-state index in [1.807, 2.05) is 0 Å². The molecule has 3 N–H and O–H groups in total. The second-order valence-corrected chi connectivity index (χ2v) is 4.61. The normalized spacial score (nSPS) is 32.6. The Morgan fingerprint density at radius 3 is 2.50 bits per heavy atom. The Morgan fingerprint density at radius 2 is 1.93 bits per heavy atom. The standard InChI is InChI=1S/C11H23NO2/c1-8(7-9(2)13)12-10-5-3-4-6-11(10)14/h8-14H,3-7H2,1-2H3/t8?,9?,10-,11-/m1/s1. The summed E-state index contributed by atoms with van der Waals surface area (Å²) in [5.74, 6) is 0. The van der Waals surface area contributed by atoms with Crippen molar-refractivity contribution >= 4 is 0 Å². The zero-order valence-electron chi connectivity index (χ0n) is 9.24. The van der Waals surface area contributed by atoms with Gasteiger partial charge in [0.1, 0.15) is 0 Å². The number of rotatable bonds is 4. The third-order valence-corrected chi connectivity index (χ3v) is 2.92. The van der Waals surface area contributed by atoms with E-state index in [4.69, 9.17) is 0 Å². The third kappa shape index (κ3) is 3.95. The lowest BCUT2D eigenvalue weighted by molar-refractivity contribution is 0.0798. The van der Waals surface area contributed by atoms with Crippen LogP contribution < -0.4 is 5.32 Å². The second kappa shape index (κ2) is 5.69. The van der Waals surface area contributed by atoms with E-state index in [1.165, 1.54) is 6.42 Å². The monoisotopic (exact) mass is 201 g/mol. The minimum atomic E-state index is -0.266. The highest BCUT2D eigenvalue weighted by atomic mass is 16.3. The lowest BCUT2D eigenvalue weighted by Gasteiger charge is -2.31. The largest absolute Gasteiger partial charge is 0.393 e. The predicted octanol–water partition coefficient (Wildman–Crippen LogP) is 1.04. The van der Waals surface area contributed by atoms with Crippen LogP contribution in [0.4, 0.5) is 0 Å². The van der Waals surface area contributed by atoms with Crippen molar-refractivity contribution in [2.24, 2.45) is 0 Å². The molecular formula is C11H23NO2. The minimum Gasteiger partial charge on any atom is -0.393 e. The van der Waals surface area contributed by atoms with Gasteiger partial charge in [-0.05, 0) is 33.1 Å². The first-order chi connectivity index (χ1) is 6.59. The first kappa shape index (κ1) is 12.0. The molecule has 0 heterocycles. The number of aliphatic hydroxyl groups is 2. The molecule has 0 aliphatic heterocycles. The lowest BCUT2D eigenvalue weighted by atomic mass is 9.92. The van der Waals surface area contributed by atoms with Gasteiger partial charge >= 0.3 is 0 Å². The van der Waals surface area contributed by atoms with Crippen LogP contribution in [0.3, 0.4) is 0 Å². The highest BCUT2D eigenvalue weighted by molar-refractivity contribution is 4.82. The maximum Gasteiger partial charge on any atom is 0.0693 e. The number of nitrogens with one attached hydrogen (secondary N) is 1. The first-order valence-electron chi connectivity index (χ1n) is 5.71. The van der Waals surface area contributed by atoms with Crippen molar-refractivity contribution in [3.05, 3.63) is 0 Å². The molecule has 0 saturated heterocycles. The maximum atomic E-state index is 9.73. The van der Waals surface area contributed by atoms with E-state index in [1.54, 1.807) is 6.92 Å². The summed E-state index contributed by atoms with van der Waals surface area (Å²) in [6, 6.07) is 0.519. The smallest absolute Gasteiger partial charge is 0.0693 e. The van der Waals surface area contributed by atoms with Crippen molar-refractivity contribution in [3.63, 3.8) is 0 Å². The van der Waals surface area contributed by atoms with Crippen molar-refractivity contribution in [2.75, 3.05) is 0 Å². The molecule has 0 aromatic carbocycles. The Kier molecular flexibility index (Phi) is 4.85. The zero-order valence-corrected chi connectivity index (χ0v) is 9.24. The molecule has 1 aliphatic carbocycles. The highest BCUT2D eigenvalue weighted by Crippen LogP contribution is 2.19. The summed E-state index contributed by atoms with van der Waals surface area (Å²) < 4.78 is 0. The minimum absolute atomic E-state index is 0.194. The summed E-state index contributed by atoms with van der Waals surface area (Å²) in [4.78, 5) is 0. The van der Waals surface area contributed by atoms with Crippen molar-refractivity contribution in [2.45, 2.75) is 70.2 Å². The Morgan fingerprint density at radius 1 is 1.29 bits per heavy atom. The summed E-state index contributed by atoms with van der Waals surface area (Å²) in [5.41, 5.74) is 0. The van der Waals surface area contributed by atoms with E-state index in [0.717, 1.165) is 25.7 Å². The lowest BCUT2D eigenvalue weighted by Crippen LogP contribution is -2.46. The molecule has 0 amide bonds. The fourth-order valence-corrected chi connectivity index (χ4v) is 2.25. The molecule has 84 valence electrons. The third-order valence-electron chi connectivity index (χ3n) is 2.92. The van der Waals surface area contributed by atoms with Gasteiger partial charge < -0.3 is 15.5 Å². The van der Waals surface area contributed by atoms with Gasteiger partial charge in [-0.2, -0.15) is 0 Å². The molecule has 1 aliphatic rings. The van der Waals surface area contributed by atoms with Gasteiger partial charge in [0.2, 0.25) is 0 Å². The fraction of sp³-hybridized carbons (Fsp3) is 1.00. The average Bonchev–Trinajstić information content (AvgIpc) is 2.07. The van der Waals surface area contributed by atoms with Crippen molar-refractivity contribution in [1.82, 2.24) is 5.32 Å². The molecule has 2 unspecified atom stereocenters. The summed E-state index contributed by atoms with van der Waals surface area (Å²) in [6.07, 6.45) is 4.62. The van der Waals surface area contributed by atoms with Crippen LogP contribution in [-0.4, -0.2) is 34.5 Å². The Hall–Kier alpha value is -0.120. The summed E-state index contributed by atoms with van der Waals surface area (Å²) in [7, 11) is 0. The van der Waals surface area contributed by atoms with Gasteiger partial charge in [-0.1, -0.05) is 12.8 Å². The SMILES string of the molecule is CC(O)CC(C)N[C@@H]1CCCC[C@H]1O. The predicted molar refractivity (Wildman–Crippen MR) is 57.2 cm³/mol. The van der Waals surface area contributed by atoms with Crippen LogP contribution in [0.15, 0.2) is 0 Å². The van der Waals surface area contributed by atoms with Crippen molar-refractivity contribution < 1.29 is 10.2 Å². The molecule has 0 spiro atoms. The van der Waals surface area contributed by atoms with Crippen LogP contribution >= 0.6 is 0 Å². The van der Waals surface area contributed by atoms with Crippen LogP contribution in [0.5, 0.6) is 0 Å². The van der Waals surface area contributed by atoms with Crippen LogP contribution in [0.25, 0.3) is 0 Å². The van der Waals surface area contributed by atoms with E-state index in [9.17, 15) is 10.2 Å². The molecular weight excluding hydrogens is 178 g/mol. The van der Waals surface area contributed by atoms with E-state index in [-0.39, 0.29) is 24.3 Å². The summed E-state index contributed by atoms with van der Waals surface area (Å²) in [5, 5.41) is 22.3. The van der Waals surface area contributed by atoms with Gasteiger partial charge in [0, 0.05) is 12.1 Å². The van der Waals surface area contributed by atoms with Crippen LogP contribution in [-0.2, 0) is 0 Å². The molecule has 1 rings (SSSR count). The van der Waals surface area contributed by atoms with E-state index in [0.29, 0.717) is 0 Å². The molecule has 0 bridgehead atoms. The first-order valence-corrected chi connectivity index (χ1v) is 5.71. The molecule has 3 nitrogen and oxygen atoms in total. The average molecular weight is 201 g/mol.